The maximum Gasteiger partial charge on any atom is 0.253 e. The number of benzene rings is 2. The summed E-state index contributed by atoms with van der Waals surface area (Å²) in [5, 5.41) is 1.23. The summed E-state index contributed by atoms with van der Waals surface area (Å²) in [6.45, 7) is 1.34. The van der Waals surface area contributed by atoms with Crippen LogP contribution in [0.3, 0.4) is 0 Å². The maximum atomic E-state index is 12.6. The topological polar surface area (TPSA) is 37.4 Å². The number of hydrogen-bond donors (Lipinski definition) is 0. The molecule has 1 heterocycles. The summed E-state index contributed by atoms with van der Waals surface area (Å²) in [7, 11) is 0. The Kier molecular flexibility index (Phi) is 5.77. The van der Waals surface area contributed by atoms with E-state index in [9.17, 15) is 9.59 Å². The Balaban J connectivity index is 1.62. The third-order valence-corrected chi connectivity index (χ3v) is 5.04. The Morgan fingerprint density at radius 2 is 1.48 bits per heavy atom. The summed E-state index contributed by atoms with van der Waals surface area (Å²) in [6, 6.07) is 13.9. The van der Waals surface area contributed by atoms with Crippen molar-refractivity contribution in [1.82, 2.24) is 4.90 Å². The highest BCUT2D eigenvalue weighted by atomic mass is 35.5. The third kappa shape index (κ3) is 4.62. The number of piperidine rings is 1. The Bertz CT molecular complexity index is 756. The minimum absolute atomic E-state index is 0.000286. The molecule has 1 atom stereocenters. The number of amides is 1. The number of carbonyl (C=O) groups excluding carboxylic acids is 2. The van der Waals surface area contributed by atoms with Crippen LogP contribution in [0.15, 0.2) is 48.5 Å². The van der Waals surface area contributed by atoms with E-state index in [-0.39, 0.29) is 17.6 Å². The van der Waals surface area contributed by atoms with Crippen molar-refractivity contribution in [3.05, 3.63) is 69.7 Å². The van der Waals surface area contributed by atoms with Gasteiger partial charge in [-0.2, -0.15) is 0 Å². The minimum atomic E-state index is 0.000286. The smallest absolute Gasteiger partial charge is 0.253 e. The molecule has 0 aromatic heterocycles. The molecule has 0 saturated carbocycles. The van der Waals surface area contributed by atoms with Gasteiger partial charge in [0.1, 0.15) is 0 Å². The fourth-order valence-corrected chi connectivity index (χ4v) is 3.46. The van der Waals surface area contributed by atoms with Gasteiger partial charge in [0.25, 0.3) is 5.91 Å². The van der Waals surface area contributed by atoms with Gasteiger partial charge in [0.15, 0.2) is 5.78 Å². The second-order valence-electron chi connectivity index (χ2n) is 6.40. The van der Waals surface area contributed by atoms with Crippen LogP contribution in [0, 0.1) is 5.92 Å². The SMILES string of the molecule is O=C(C[C@@H]1CCCN(C(=O)c2ccc(Cl)cc2)C1)c1ccc(Cl)cc1. The van der Waals surface area contributed by atoms with Crippen molar-refractivity contribution >= 4 is 34.9 Å². The maximum absolute atomic E-state index is 12.6. The molecule has 1 amide bonds. The molecule has 0 radical (unpaired) electrons. The van der Waals surface area contributed by atoms with E-state index in [0.717, 1.165) is 19.4 Å². The second-order valence-corrected chi connectivity index (χ2v) is 7.27. The molecule has 1 aliphatic rings. The lowest BCUT2D eigenvalue weighted by molar-refractivity contribution is 0.0652. The Morgan fingerprint density at radius 3 is 2.08 bits per heavy atom. The molecule has 1 aliphatic heterocycles. The summed E-state index contributed by atoms with van der Waals surface area (Å²) < 4.78 is 0. The van der Waals surface area contributed by atoms with Crippen LogP contribution in [0.25, 0.3) is 0 Å². The molecule has 0 aliphatic carbocycles. The number of Topliss-reactive ketones (excluding diaryl/α,β-unsaturated/α-hetero) is 1. The van der Waals surface area contributed by atoms with Gasteiger partial charge in [-0.05, 0) is 67.3 Å². The lowest BCUT2D eigenvalue weighted by atomic mass is 9.90. The number of rotatable bonds is 4. The molecule has 0 spiro atoms. The number of ketones is 1. The van der Waals surface area contributed by atoms with E-state index in [1.807, 2.05) is 4.90 Å². The van der Waals surface area contributed by atoms with Gasteiger partial charge in [-0.25, -0.2) is 0 Å². The number of hydrogen-bond acceptors (Lipinski definition) is 2. The fraction of sp³-hybridized carbons (Fsp3) is 0.300. The summed E-state index contributed by atoms with van der Waals surface area (Å²) in [5.41, 5.74) is 1.31. The van der Waals surface area contributed by atoms with E-state index in [2.05, 4.69) is 0 Å². The van der Waals surface area contributed by atoms with Crippen molar-refractivity contribution in [2.75, 3.05) is 13.1 Å². The van der Waals surface area contributed by atoms with E-state index in [0.29, 0.717) is 34.1 Å². The van der Waals surface area contributed by atoms with Crippen molar-refractivity contribution in [2.24, 2.45) is 5.92 Å². The zero-order valence-electron chi connectivity index (χ0n) is 13.8. The molecule has 0 unspecified atom stereocenters. The van der Waals surface area contributed by atoms with Gasteiger partial charge < -0.3 is 4.90 Å². The number of nitrogens with zero attached hydrogens (tertiary/aromatic N) is 1. The first-order valence-corrected chi connectivity index (χ1v) is 9.12. The van der Waals surface area contributed by atoms with Crippen LogP contribution in [-0.2, 0) is 0 Å². The molecule has 2 aromatic rings. The molecule has 3 nitrogen and oxygen atoms in total. The fourth-order valence-electron chi connectivity index (χ4n) is 3.21. The third-order valence-electron chi connectivity index (χ3n) is 4.54. The Labute approximate surface area is 157 Å². The standard InChI is InChI=1S/C20H19Cl2NO2/c21-17-7-3-15(4-8-17)19(24)12-14-2-1-11-23(13-14)20(25)16-5-9-18(22)10-6-16/h3-10,14H,1-2,11-13H2/t14-/m0/s1. The molecule has 25 heavy (non-hydrogen) atoms. The number of carbonyl (C=O) groups is 2. The van der Waals surface area contributed by atoms with E-state index < -0.39 is 0 Å². The van der Waals surface area contributed by atoms with Crippen LogP contribution < -0.4 is 0 Å². The van der Waals surface area contributed by atoms with Gasteiger partial charge in [0.05, 0.1) is 0 Å². The molecule has 0 bridgehead atoms. The van der Waals surface area contributed by atoms with E-state index >= 15 is 0 Å². The average molecular weight is 376 g/mol. The predicted molar refractivity (Wildman–Crippen MR) is 100 cm³/mol. The first-order valence-electron chi connectivity index (χ1n) is 8.36. The van der Waals surface area contributed by atoms with Crippen LogP contribution in [-0.4, -0.2) is 29.7 Å². The van der Waals surface area contributed by atoms with Crippen molar-refractivity contribution in [1.29, 1.82) is 0 Å². The zero-order valence-corrected chi connectivity index (χ0v) is 15.3. The quantitative estimate of drug-likeness (QED) is 0.695. The molecule has 0 N–H and O–H groups in total. The monoisotopic (exact) mass is 375 g/mol. The molecule has 5 heteroatoms. The molecular formula is C20H19Cl2NO2. The normalized spacial score (nSPS) is 17.4. The summed E-state index contributed by atoms with van der Waals surface area (Å²) in [5.74, 6) is 0.288. The van der Waals surface area contributed by atoms with Gasteiger partial charge in [-0.1, -0.05) is 23.2 Å². The van der Waals surface area contributed by atoms with Gasteiger partial charge in [-0.15, -0.1) is 0 Å². The van der Waals surface area contributed by atoms with Crippen LogP contribution in [0.5, 0.6) is 0 Å². The molecule has 1 saturated heterocycles. The van der Waals surface area contributed by atoms with E-state index in [4.69, 9.17) is 23.2 Å². The van der Waals surface area contributed by atoms with Crippen molar-refractivity contribution in [3.8, 4) is 0 Å². The molecule has 2 aromatic carbocycles. The highest BCUT2D eigenvalue weighted by Crippen LogP contribution is 2.24. The van der Waals surface area contributed by atoms with Crippen LogP contribution >= 0.6 is 23.2 Å². The minimum Gasteiger partial charge on any atom is -0.338 e. The van der Waals surface area contributed by atoms with Gasteiger partial charge in [0, 0.05) is 40.7 Å². The second kappa shape index (κ2) is 8.03. The van der Waals surface area contributed by atoms with Crippen molar-refractivity contribution in [2.45, 2.75) is 19.3 Å². The molecule has 3 rings (SSSR count). The molecular weight excluding hydrogens is 357 g/mol. The first-order chi connectivity index (χ1) is 12.0. The lowest BCUT2D eigenvalue weighted by Gasteiger charge is -2.32. The average Bonchev–Trinajstić information content (AvgIpc) is 2.62. The van der Waals surface area contributed by atoms with E-state index in [1.54, 1.807) is 48.5 Å². The highest BCUT2D eigenvalue weighted by Gasteiger charge is 2.26. The number of halogens is 2. The Hall–Kier alpha value is -1.84. The van der Waals surface area contributed by atoms with Crippen molar-refractivity contribution in [3.63, 3.8) is 0 Å². The molecule has 130 valence electrons. The number of likely N-dealkylation sites (tertiary alicyclic amines) is 1. The first kappa shape index (κ1) is 18.0. The predicted octanol–water partition coefficient (Wildman–Crippen LogP) is 5.12. The summed E-state index contributed by atoms with van der Waals surface area (Å²) in [4.78, 5) is 26.9. The van der Waals surface area contributed by atoms with E-state index in [1.165, 1.54) is 0 Å². The van der Waals surface area contributed by atoms with Crippen LogP contribution in [0.4, 0.5) is 0 Å². The van der Waals surface area contributed by atoms with Crippen molar-refractivity contribution < 1.29 is 9.59 Å². The van der Waals surface area contributed by atoms with Gasteiger partial charge in [-0.3, -0.25) is 9.59 Å². The zero-order chi connectivity index (χ0) is 17.8. The summed E-state index contributed by atoms with van der Waals surface area (Å²) >= 11 is 11.7. The van der Waals surface area contributed by atoms with Crippen LogP contribution in [0.2, 0.25) is 10.0 Å². The lowest BCUT2D eigenvalue weighted by Crippen LogP contribution is -2.40. The van der Waals surface area contributed by atoms with Gasteiger partial charge in [0.2, 0.25) is 0 Å². The largest absolute Gasteiger partial charge is 0.338 e. The van der Waals surface area contributed by atoms with Gasteiger partial charge >= 0.3 is 0 Å². The Morgan fingerprint density at radius 1 is 0.920 bits per heavy atom. The summed E-state index contributed by atoms with van der Waals surface area (Å²) in [6.07, 6.45) is 2.33. The highest BCUT2D eigenvalue weighted by molar-refractivity contribution is 6.31. The van der Waals surface area contributed by atoms with Crippen LogP contribution in [0.1, 0.15) is 40.0 Å². The molecule has 1 fully saturated rings.